The highest BCUT2D eigenvalue weighted by Crippen LogP contribution is 2.39. The molecule has 0 aliphatic carbocycles. The number of esters is 6. The van der Waals surface area contributed by atoms with E-state index in [9.17, 15) is 33.6 Å². The molecule has 38 heavy (non-hydrogen) atoms. The Morgan fingerprint density at radius 3 is 1.87 bits per heavy atom. The molecule has 214 valence electrons. The van der Waals surface area contributed by atoms with Crippen LogP contribution < -0.4 is 5.32 Å². The highest BCUT2D eigenvalue weighted by Gasteiger charge is 2.67. The zero-order valence-electron chi connectivity index (χ0n) is 21.8. The van der Waals surface area contributed by atoms with Crippen LogP contribution in [0, 0.1) is 0 Å². The molecule has 1 unspecified atom stereocenters. The van der Waals surface area contributed by atoms with Crippen LogP contribution in [0.3, 0.4) is 0 Å². The van der Waals surface area contributed by atoms with E-state index in [1.807, 2.05) is 0 Å². The van der Waals surface area contributed by atoms with Gasteiger partial charge in [-0.1, -0.05) is 0 Å². The van der Waals surface area contributed by atoms with E-state index < -0.39 is 90.7 Å². The van der Waals surface area contributed by atoms with Gasteiger partial charge in [0.05, 0.1) is 13.2 Å². The summed E-state index contributed by atoms with van der Waals surface area (Å²) in [6.45, 7) is 4.89. The van der Waals surface area contributed by atoms with Gasteiger partial charge >= 0.3 is 41.6 Å². The summed E-state index contributed by atoms with van der Waals surface area (Å²) in [5.41, 5.74) is 0. The molecule has 1 heterocycles. The van der Waals surface area contributed by atoms with Gasteiger partial charge in [-0.25, -0.2) is 9.18 Å². The first kappa shape index (κ1) is 32.2. The highest BCUT2D eigenvalue weighted by atomic mass is 19.1. The van der Waals surface area contributed by atoms with Crippen LogP contribution in [0.1, 0.15) is 41.5 Å². The molecule has 0 saturated carbocycles. The molecule has 0 aromatic rings. The lowest BCUT2D eigenvalue weighted by Crippen LogP contribution is -2.74. The number of halogens is 1. The van der Waals surface area contributed by atoms with Gasteiger partial charge in [0, 0.05) is 41.5 Å². The first-order valence-electron chi connectivity index (χ1n) is 11.1. The third kappa shape index (κ3) is 8.36. The SMILES string of the molecule is COC(=O)C1(OC(C)=O)O[C@H]([C@H](OC(C)=O)[C@@H](COC(C)=O)OC(C)=O)[C@H](NC(C)=O)[C@@H](OC(C)=O)[C@H]1F. The van der Waals surface area contributed by atoms with Crippen molar-refractivity contribution in [2.45, 2.75) is 84.0 Å². The second kappa shape index (κ2) is 13.6. The number of amides is 1. The molecule has 0 aromatic carbocycles. The number of alkyl halides is 1. The molecule has 1 aliphatic heterocycles. The van der Waals surface area contributed by atoms with E-state index >= 15 is 4.39 Å². The van der Waals surface area contributed by atoms with Crippen molar-refractivity contribution in [3.63, 3.8) is 0 Å². The standard InChI is InChI=1S/C22H30FNO14/c1-9(25)24-16-18(17(35-12(4)28)15(34-11(3)27)8-33-10(2)26)38-22(21(31)32-7,37-14(6)30)20(23)19(16)36-13(5)29/h15-20H,8H2,1-7H3,(H,24,25)/t15-,16+,17-,18+,19-,20-,22?/m1/s1. The molecule has 1 aliphatic rings. The summed E-state index contributed by atoms with van der Waals surface area (Å²) < 4.78 is 51.4. The lowest BCUT2D eigenvalue weighted by atomic mass is 9.86. The summed E-state index contributed by atoms with van der Waals surface area (Å²) in [5, 5.41) is 2.28. The molecule has 0 aromatic heterocycles. The lowest BCUT2D eigenvalue weighted by Gasteiger charge is -2.49. The van der Waals surface area contributed by atoms with Crippen LogP contribution >= 0.6 is 0 Å². The summed E-state index contributed by atoms with van der Waals surface area (Å²) in [6, 6.07) is -1.75. The second-order valence-electron chi connectivity index (χ2n) is 8.06. The molecule has 0 radical (unpaired) electrons. The normalized spacial score (nSPS) is 26.0. The molecule has 16 heteroatoms. The smallest absolute Gasteiger partial charge is 0.383 e. The maximum atomic E-state index is 16.0. The van der Waals surface area contributed by atoms with Crippen molar-refractivity contribution in [3.05, 3.63) is 0 Å². The van der Waals surface area contributed by atoms with Gasteiger partial charge in [-0.15, -0.1) is 0 Å². The third-order valence-corrected chi connectivity index (χ3v) is 4.87. The van der Waals surface area contributed by atoms with E-state index in [0.717, 1.165) is 48.7 Å². The van der Waals surface area contributed by atoms with Gasteiger partial charge in [0.15, 0.2) is 18.3 Å². The zero-order chi connectivity index (χ0) is 29.4. The van der Waals surface area contributed by atoms with Gasteiger partial charge in [0.1, 0.15) is 12.7 Å². The predicted octanol–water partition coefficient (Wildman–Crippen LogP) is -0.981. The van der Waals surface area contributed by atoms with Gasteiger partial charge in [0.2, 0.25) is 12.1 Å². The minimum Gasteiger partial charge on any atom is -0.464 e. The molecule has 1 saturated heterocycles. The Bertz CT molecular complexity index is 954. The fourth-order valence-electron chi connectivity index (χ4n) is 3.71. The number of carbonyl (C=O) groups excluding carboxylic acids is 7. The van der Waals surface area contributed by atoms with Crippen molar-refractivity contribution in [3.8, 4) is 0 Å². The van der Waals surface area contributed by atoms with Crippen molar-refractivity contribution in [2.24, 2.45) is 0 Å². The summed E-state index contributed by atoms with van der Waals surface area (Å²) in [4.78, 5) is 84.0. The minimum absolute atomic E-state index is 0.740. The molecular weight excluding hydrogens is 521 g/mol. The summed E-state index contributed by atoms with van der Waals surface area (Å²) in [7, 11) is 0.811. The molecule has 7 atom stereocenters. The zero-order valence-corrected chi connectivity index (χ0v) is 21.8. The van der Waals surface area contributed by atoms with Crippen LogP contribution in [0.15, 0.2) is 0 Å². The van der Waals surface area contributed by atoms with Crippen LogP contribution in [-0.4, -0.2) is 97.9 Å². The summed E-state index contributed by atoms with van der Waals surface area (Å²) in [6.07, 6.45) is -10.4. The van der Waals surface area contributed by atoms with Crippen molar-refractivity contribution in [2.75, 3.05) is 13.7 Å². The number of methoxy groups -OCH3 is 1. The van der Waals surface area contributed by atoms with Gasteiger partial charge < -0.3 is 38.5 Å². The fraction of sp³-hybridized carbons (Fsp3) is 0.682. The van der Waals surface area contributed by atoms with Crippen LogP contribution in [0.2, 0.25) is 0 Å². The van der Waals surface area contributed by atoms with Gasteiger partial charge in [-0.05, 0) is 0 Å². The molecule has 0 bridgehead atoms. The monoisotopic (exact) mass is 551 g/mol. The van der Waals surface area contributed by atoms with E-state index in [2.05, 4.69) is 10.1 Å². The Labute approximate surface area is 216 Å². The van der Waals surface area contributed by atoms with Crippen molar-refractivity contribution in [1.29, 1.82) is 0 Å². The highest BCUT2D eigenvalue weighted by molar-refractivity contribution is 5.83. The van der Waals surface area contributed by atoms with Crippen molar-refractivity contribution < 1.29 is 71.1 Å². The number of hydrogen-bond donors (Lipinski definition) is 1. The molecule has 1 amide bonds. The predicted molar refractivity (Wildman–Crippen MR) is 117 cm³/mol. The van der Waals surface area contributed by atoms with E-state index in [1.165, 1.54) is 0 Å². The average Bonchev–Trinajstić information content (AvgIpc) is 2.77. The number of ether oxygens (including phenoxy) is 7. The Morgan fingerprint density at radius 2 is 1.45 bits per heavy atom. The van der Waals surface area contributed by atoms with Crippen LogP contribution in [0.5, 0.6) is 0 Å². The fourth-order valence-corrected chi connectivity index (χ4v) is 3.71. The van der Waals surface area contributed by atoms with E-state index in [0.29, 0.717) is 0 Å². The third-order valence-electron chi connectivity index (χ3n) is 4.87. The number of carbonyl (C=O) groups is 7. The molecule has 1 fully saturated rings. The van der Waals surface area contributed by atoms with Gasteiger partial charge in [0.25, 0.3) is 0 Å². The van der Waals surface area contributed by atoms with E-state index in [1.54, 1.807) is 0 Å². The van der Waals surface area contributed by atoms with E-state index in [4.69, 9.17) is 28.4 Å². The largest absolute Gasteiger partial charge is 0.464 e. The Kier molecular flexibility index (Phi) is 11.6. The van der Waals surface area contributed by atoms with Crippen LogP contribution in [-0.2, 0) is 66.7 Å². The van der Waals surface area contributed by atoms with E-state index in [-0.39, 0.29) is 0 Å². The van der Waals surface area contributed by atoms with Gasteiger partial charge in [-0.2, -0.15) is 0 Å². The summed E-state index contributed by atoms with van der Waals surface area (Å²) in [5.74, 6) is -10.8. The van der Waals surface area contributed by atoms with Gasteiger partial charge in [-0.3, -0.25) is 28.8 Å². The summed E-state index contributed by atoms with van der Waals surface area (Å²) >= 11 is 0. The first-order chi connectivity index (χ1) is 17.5. The maximum Gasteiger partial charge on any atom is 0.383 e. The lowest BCUT2D eigenvalue weighted by molar-refractivity contribution is -0.326. The Morgan fingerprint density at radius 1 is 0.868 bits per heavy atom. The minimum atomic E-state index is -3.25. The van der Waals surface area contributed by atoms with Crippen molar-refractivity contribution in [1.82, 2.24) is 5.32 Å². The topological polar surface area (TPSA) is 196 Å². The average molecular weight is 551 g/mol. The number of nitrogens with one attached hydrogen (secondary N) is 1. The molecule has 15 nitrogen and oxygen atoms in total. The molecule has 1 rings (SSSR count). The van der Waals surface area contributed by atoms with Crippen molar-refractivity contribution >= 4 is 41.7 Å². The Balaban J connectivity index is 3.93. The molecular formula is C22H30FNO14. The Hall–Kier alpha value is -3.82. The number of rotatable bonds is 10. The maximum absolute atomic E-state index is 16.0. The first-order valence-corrected chi connectivity index (χ1v) is 11.1. The number of hydrogen-bond acceptors (Lipinski definition) is 14. The molecule has 0 spiro atoms. The van der Waals surface area contributed by atoms with Crippen LogP contribution in [0.25, 0.3) is 0 Å². The molecule has 1 N–H and O–H groups in total. The van der Waals surface area contributed by atoms with Crippen LogP contribution in [0.4, 0.5) is 4.39 Å². The second-order valence-corrected chi connectivity index (χ2v) is 8.06. The quantitative estimate of drug-likeness (QED) is 0.257.